The molecule has 3 unspecified atom stereocenters. The summed E-state index contributed by atoms with van der Waals surface area (Å²) in [5.41, 5.74) is 5.15. The number of nitrogens with one attached hydrogen (secondary N) is 1. The number of methoxy groups -OCH3 is 1. The number of thiophene rings is 3. The van der Waals surface area contributed by atoms with Crippen LogP contribution < -0.4 is 0 Å². The second-order valence-corrected chi connectivity index (χ2v) is 17.6. The van der Waals surface area contributed by atoms with E-state index in [-0.39, 0.29) is 24.2 Å². The average molecular weight is 776 g/mol. The first kappa shape index (κ1) is 36.6. The summed E-state index contributed by atoms with van der Waals surface area (Å²) < 4.78 is 17.9. The number of hydrogen-bond donors (Lipinski definition) is 4. The molecule has 280 valence electrons. The predicted molar refractivity (Wildman–Crippen MR) is 207 cm³/mol. The third-order valence-corrected chi connectivity index (χ3v) is 14.5. The number of hydrogen-bond acceptors (Lipinski definition) is 11. The highest BCUT2D eigenvalue weighted by molar-refractivity contribution is 7.08. The lowest BCUT2D eigenvalue weighted by Gasteiger charge is -2.61. The molecule has 0 radical (unpaired) electrons. The van der Waals surface area contributed by atoms with E-state index in [0.717, 1.165) is 33.5 Å². The van der Waals surface area contributed by atoms with Crippen LogP contribution in [0, 0.1) is 41.4 Å². The van der Waals surface area contributed by atoms with Gasteiger partial charge in [-0.15, -0.1) is 0 Å². The summed E-state index contributed by atoms with van der Waals surface area (Å²) in [6, 6.07) is 6.12. The van der Waals surface area contributed by atoms with Gasteiger partial charge in [0.2, 0.25) is 0 Å². The molecule has 4 N–H and O–H groups in total. The van der Waals surface area contributed by atoms with Gasteiger partial charge in [0, 0.05) is 58.8 Å². The molecule has 3 aliphatic carbocycles. The zero-order valence-electron chi connectivity index (χ0n) is 30.2. The lowest BCUT2D eigenvalue weighted by Crippen LogP contribution is -2.65. The van der Waals surface area contributed by atoms with Crippen LogP contribution in [0.15, 0.2) is 74.3 Å². The summed E-state index contributed by atoms with van der Waals surface area (Å²) in [6.45, 7) is 7.24. The summed E-state index contributed by atoms with van der Waals surface area (Å²) in [6.07, 6.45) is 1.92. The van der Waals surface area contributed by atoms with E-state index in [2.05, 4.69) is 27.9 Å². The van der Waals surface area contributed by atoms with E-state index in [1.165, 1.54) is 7.11 Å². The van der Waals surface area contributed by atoms with Crippen LogP contribution >= 0.6 is 34.0 Å². The normalized spacial score (nSPS) is 36.6. The van der Waals surface area contributed by atoms with Gasteiger partial charge in [-0.05, 0) is 93.9 Å². The van der Waals surface area contributed by atoms with E-state index in [0.29, 0.717) is 11.3 Å². The molecule has 2 fully saturated rings. The van der Waals surface area contributed by atoms with Gasteiger partial charge in [0.25, 0.3) is 0 Å². The number of carbonyl (C=O) groups is 2. The fraction of sp³-hybridized carbons (Fsp3) is 0.463. The predicted octanol–water partition coefficient (Wildman–Crippen LogP) is 7.43. The van der Waals surface area contributed by atoms with Crippen LogP contribution in [0.1, 0.15) is 44.6 Å². The summed E-state index contributed by atoms with van der Waals surface area (Å²) in [4.78, 5) is 31.3. The molecule has 12 heteroatoms. The van der Waals surface area contributed by atoms with Crippen LogP contribution in [0.5, 0.6) is 0 Å². The van der Waals surface area contributed by atoms with Crippen LogP contribution in [0.2, 0.25) is 0 Å². The van der Waals surface area contributed by atoms with Gasteiger partial charge in [0.15, 0.2) is 6.10 Å². The van der Waals surface area contributed by atoms with Gasteiger partial charge in [-0.25, -0.2) is 9.59 Å². The Labute approximate surface area is 321 Å². The van der Waals surface area contributed by atoms with Crippen LogP contribution in [0.4, 0.5) is 0 Å². The Kier molecular flexibility index (Phi) is 9.70. The van der Waals surface area contributed by atoms with Gasteiger partial charge >= 0.3 is 11.9 Å². The quantitative estimate of drug-likeness (QED) is 0.112. The van der Waals surface area contributed by atoms with E-state index in [1.54, 1.807) is 40.9 Å². The zero-order chi connectivity index (χ0) is 37.3. The molecule has 0 bridgehead atoms. The van der Waals surface area contributed by atoms with Crippen LogP contribution in [-0.2, 0) is 19.0 Å². The van der Waals surface area contributed by atoms with E-state index < -0.39 is 71.7 Å². The molecule has 9 nitrogen and oxygen atoms in total. The molecule has 0 amide bonds. The number of aromatic amines is 1. The average Bonchev–Trinajstić information content (AvgIpc) is 3.96. The third kappa shape index (κ3) is 5.84. The molecule has 1 aliphatic heterocycles. The van der Waals surface area contributed by atoms with E-state index in [9.17, 15) is 24.9 Å². The molecule has 0 saturated heterocycles. The molecule has 4 aromatic rings. The first-order chi connectivity index (χ1) is 25.4. The fourth-order valence-electron chi connectivity index (χ4n) is 9.96. The Bertz CT molecular complexity index is 2010. The number of H-pyrrole nitrogens is 1. The number of fused-ring (bicyclic) bond motifs is 6. The first-order valence-corrected chi connectivity index (χ1v) is 21.0. The van der Waals surface area contributed by atoms with Crippen molar-refractivity contribution < 1.29 is 39.1 Å². The van der Waals surface area contributed by atoms with Crippen molar-refractivity contribution >= 4 is 45.9 Å². The van der Waals surface area contributed by atoms with Crippen molar-refractivity contribution in [2.75, 3.05) is 7.11 Å². The third-order valence-electron chi connectivity index (χ3n) is 12.5. The molecule has 4 aliphatic rings. The number of esters is 2. The van der Waals surface area contributed by atoms with Crippen molar-refractivity contribution in [1.82, 2.24) is 4.98 Å². The molecule has 5 heterocycles. The molecular formula is C41H45NO8S3. The van der Waals surface area contributed by atoms with Crippen molar-refractivity contribution in [3.05, 3.63) is 80.0 Å². The van der Waals surface area contributed by atoms with Crippen molar-refractivity contribution in [3.8, 4) is 33.5 Å². The van der Waals surface area contributed by atoms with Crippen LogP contribution in [-0.4, -0.2) is 75.5 Å². The van der Waals surface area contributed by atoms with Crippen LogP contribution in [0.3, 0.4) is 0 Å². The molecule has 0 spiro atoms. The molecular weight excluding hydrogens is 731 g/mol. The minimum absolute atomic E-state index is 0.163. The maximum atomic E-state index is 14.5. The van der Waals surface area contributed by atoms with Crippen molar-refractivity contribution in [2.45, 2.75) is 70.2 Å². The maximum Gasteiger partial charge on any atom is 0.355 e. The number of aromatic nitrogens is 1. The maximum absolute atomic E-state index is 14.5. The minimum Gasteiger partial charge on any atom is -0.457 e. The number of allylic oxidation sites excluding steroid dienone is 1. The van der Waals surface area contributed by atoms with Crippen LogP contribution in [0.25, 0.3) is 33.5 Å². The number of rotatable bonds is 7. The lowest BCUT2D eigenvalue weighted by molar-refractivity contribution is -0.186. The summed E-state index contributed by atoms with van der Waals surface area (Å²) in [5.74, 6) is -3.55. The Balaban J connectivity index is 1.16. The first-order valence-electron chi connectivity index (χ1n) is 18.2. The SMILES string of the molecule is CO[C@H]1CC2C=C[C@H]3[C@H]4C([C@H]3[C@]2(O)/C(C)=C/[C@@H](C)[C@@H](C(C)O)OC1=O)[C@H](O)[C@@H](C)[C@H]4OC(=O)c1[nH]c(-c2ccsc2)c(-c2ccsc2)c1-c1ccsc1. The van der Waals surface area contributed by atoms with Gasteiger partial charge in [-0.1, -0.05) is 32.1 Å². The number of carbonyl (C=O) groups excluding carboxylic acids is 2. The topological polar surface area (TPSA) is 138 Å². The minimum atomic E-state index is -1.43. The van der Waals surface area contributed by atoms with Gasteiger partial charge in [0.05, 0.1) is 23.5 Å². The number of aliphatic hydroxyl groups excluding tert-OH is 2. The second kappa shape index (κ2) is 14.1. The standard InChI is InChI=1S/C41H45NO8S3/c1-19-14-20(2)41(47)26(15-28(48-5)39(45)49-37(19)22(4)43)6-7-27-31-32(33(27)41)36(44)21(3)38(31)50-40(46)35-30(24-9-12-52-17-24)29(23-8-11-51-16-23)34(42-35)25-10-13-53-18-25/h6-14,16-19,21-22,26-28,31-33,36-38,42-44,47H,15H2,1-5H3/b20-14+/t19-,21-,22?,26?,27+,28+,31+,32?,33+,36-,37+,38-,41+/m1/s1. The number of aliphatic hydroxyl groups is 3. The molecule has 2 saturated carbocycles. The zero-order valence-corrected chi connectivity index (χ0v) is 32.6. The molecule has 4 aromatic heterocycles. The van der Waals surface area contributed by atoms with Gasteiger partial charge in [0.1, 0.15) is 17.9 Å². The van der Waals surface area contributed by atoms with Gasteiger partial charge in [-0.3, -0.25) is 0 Å². The fourth-order valence-corrected chi connectivity index (χ4v) is 11.9. The largest absolute Gasteiger partial charge is 0.457 e. The van der Waals surface area contributed by atoms with Crippen molar-refractivity contribution in [2.24, 2.45) is 41.4 Å². The highest BCUT2D eigenvalue weighted by Gasteiger charge is 2.71. The Morgan fingerprint density at radius 2 is 1.64 bits per heavy atom. The molecule has 8 rings (SSSR count). The number of cyclic esters (lactones) is 1. The smallest absolute Gasteiger partial charge is 0.355 e. The highest BCUT2D eigenvalue weighted by atomic mass is 32.1. The lowest BCUT2D eigenvalue weighted by atomic mass is 9.46. The summed E-state index contributed by atoms with van der Waals surface area (Å²) >= 11 is 4.75. The van der Waals surface area contributed by atoms with Crippen molar-refractivity contribution in [3.63, 3.8) is 0 Å². The van der Waals surface area contributed by atoms with E-state index in [1.807, 2.05) is 66.6 Å². The monoisotopic (exact) mass is 775 g/mol. The summed E-state index contributed by atoms with van der Waals surface area (Å²) in [5, 5.41) is 47.7. The molecule has 0 aromatic carbocycles. The van der Waals surface area contributed by atoms with Crippen molar-refractivity contribution in [1.29, 1.82) is 0 Å². The number of ether oxygens (including phenoxy) is 3. The van der Waals surface area contributed by atoms with E-state index >= 15 is 0 Å². The molecule has 53 heavy (non-hydrogen) atoms. The Hall–Kier alpha value is -3.36. The summed E-state index contributed by atoms with van der Waals surface area (Å²) in [7, 11) is 1.44. The van der Waals surface area contributed by atoms with Gasteiger partial charge < -0.3 is 34.5 Å². The second-order valence-electron chi connectivity index (χ2n) is 15.3. The molecule has 13 atom stereocenters. The van der Waals surface area contributed by atoms with E-state index in [4.69, 9.17) is 14.2 Å². The Morgan fingerprint density at radius 3 is 2.25 bits per heavy atom. The van der Waals surface area contributed by atoms with Gasteiger partial charge in [-0.2, -0.15) is 34.0 Å². The highest BCUT2D eigenvalue weighted by Crippen LogP contribution is 2.66. The Morgan fingerprint density at radius 1 is 1.00 bits per heavy atom.